The van der Waals surface area contributed by atoms with Crippen LogP contribution in [-0.4, -0.2) is 0 Å². The molecule has 1 aliphatic rings. The highest BCUT2D eigenvalue weighted by atomic mass is 16.3. The summed E-state index contributed by atoms with van der Waals surface area (Å²) in [7, 11) is 0. The van der Waals surface area contributed by atoms with Crippen LogP contribution in [0.15, 0.2) is 41.0 Å². The zero-order valence-electron chi connectivity index (χ0n) is 9.65. The van der Waals surface area contributed by atoms with Crippen LogP contribution in [0.2, 0.25) is 0 Å². The molecule has 1 unspecified atom stereocenters. The standard InChI is InChI=1S/C14H16N2O/c15-11-4-5-13-10(8-11)3-6-14(13)16-9-12-2-1-7-17-12/h1-2,4-5,7-8,14,16H,3,6,9,15H2. The van der Waals surface area contributed by atoms with Gasteiger partial charge in [0.2, 0.25) is 0 Å². The van der Waals surface area contributed by atoms with Gasteiger partial charge in [0.25, 0.3) is 0 Å². The molecule has 0 saturated heterocycles. The van der Waals surface area contributed by atoms with E-state index in [-0.39, 0.29) is 0 Å². The molecule has 3 rings (SSSR count). The molecule has 0 saturated carbocycles. The number of rotatable bonds is 3. The van der Waals surface area contributed by atoms with Crippen LogP contribution in [0.4, 0.5) is 5.69 Å². The van der Waals surface area contributed by atoms with Gasteiger partial charge in [0.1, 0.15) is 5.76 Å². The van der Waals surface area contributed by atoms with Gasteiger partial charge in [-0.05, 0) is 48.2 Å². The number of hydrogen-bond acceptors (Lipinski definition) is 3. The molecule has 2 aromatic rings. The summed E-state index contributed by atoms with van der Waals surface area (Å²) in [5.41, 5.74) is 9.41. The first kappa shape index (κ1) is 10.4. The first-order valence-corrected chi connectivity index (χ1v) is 5.97. The second-order valence-electron chi connectivity index (χ2n) is 4.51. The molecule has 3 nitrogen and oxygen atoms in total. The van der Waals surface area contributed by atoms with E-state index >= 15 is 0 Å². The van der Waals surface area contributed by atoms with Crippen LogP contribution < -0.4 is 11.1 Å². The van der Waals surface area contributed by atoms with E-state index in [2.05, 4.69) is 17.4 Å². The Morgan fingerprint density at radius 3 is 3.12 bits per heavy atom. The maximum Gasteiger partial charge on any atom is 0.117 e. The molecule has 0 aliphatic heterocycles. The van der Waals surface area contributed by atoms with Crippen molar-refractivity contribution in [3.8, 4) is 0 Å². The summed E-state index contributed by atoms with van der Waals surface area (Å²) in [6.45, 7) is 0.779. The number of aryl methyl sites for hydroxylation is 1. The van der Waals surface area contributed by atoms with E-state index in [0.717, 1.165) is 30.8 Å². The highest BCUT2D eigenvalue weighted by Crippen LogP contribution is 2.32. The summed E-state index contributed by atoms with van der Waals surface area (Å²) in [5, 5.41) is 3.53. The maximum atomic E-state index is 5.79. The Hall–Kier alpha value is -1.74. The molecular formula is C14H16N2O. The van der Waals surface area contributed by atoms with E-state index in [9.17, 15) is 0 Å². The zero-order valence-corrected chi connectivity index (χ0v) is 9.65. The Morgan fingerprint density at radius 1 is 1.35 bits per heavy atom. The molecule has 88 valence electrons. The molecule has 17 heavy (non-hydrogen) atoms. The fraction of sp³-hybridized carbons (Fsp3) is 0.286. The van der Waals surface area contributed by atoms with Gasteiger partial charge in [0.15, 0.2) is 0 Å². The number of nitrogens with two attached hydrogens (primary N) is 1. The molecular weight excluding hydrogens is 212 g/mol. The largest absolute Gasteiger partial charge is 0.468 e. The third-order valence-electron chi connectivity index (χ3n) is 3.35. The smallest absolute Gasteiger partial charge is 0.117 e. The Bertz CT molecular complexity index is 505. The maximum absolute atomic E-state index is 5.79. The van der Waals surface area contributed by atoms with Gasteiger partial charge in [-0.1, -0.05) is 6.07 Å². The number of nitrogens with one attached hydrogen (secondary N) is 1. The van der Waals surface area contributed by atoms with Gasteiger partial charge in [-0.2, -0.15) is 0 Å². The average molecular weight is 228 g/mol. The molecule has 3 heteroatoms. The van der Waals surface area contributed by atoms with Gasteiger partial charge in [-0.15, -0.1) is 0 Å². The van der Waals surface area contributed by atoms with Crippen molar-refractivity contribution in [2.24, 2.45) is 0 Å². The normalized spacial score (nSPS) is 18.2. The number of nitrogen functional groups attached to an aromatic ring is 1. The van der Waals surface area contributed by atoms with Crippen molar-refractivity contribution in [2.45, 2.75) is 25.4 Å². The summed E-state index contributed by atoms with van der Waals surface area (Å²) >= 11 is 0. The Balaban J connectivity index is 1.71. The fourth-order valence-corrected chi connectivity index (χ4v) is 2.49. The van der Waals surface area contributed by atoms with E-state index < -0.39 is 0 Å². The lowest BCUT2D eigenvalue weighted by molar-refractivity contribution is 0.448. The number of furan rings is 1. The van der Waals surface area contributed by atoms with Crippen LogP contribution in [0.1, 0.15) is 29.3 Å². The molecule has 1 aromatic heterocycles. The average Bonchev–Trinajstić information content (AvgIpc) is 2.94. The van der Waals surface area contributed by atoms with Crippen LogP contribution in [0.25, 0.3) is 0 Å². The van der Waals surface area contributed by atoms with Gasteiger partial charge in [0.05, 0.1) is 12.8 Å². The van der Waals surface area contributed by atoms with Gasteiger partial charge in [-0.25, -0.2) is 0 Å². The van der Waals surface area contributed by atoms with Crippen molar-refractivity contribution in [2.75, 3.05) is 5.73 Å². The zero-order chi connectivity index (χ0) is 11.7. The summed E-state index contributed by atoms with van der Waals surface area (Å²) in [5.74, 6) is 0.980. The molecule has 1 atom stereocenters. The third-order valence-corrected chi connectivity index (χ3v) is 3.35. The van der Waals surface area contributed by atoms with Crippen molar-refractivity contribution in [1.82, 2.24) is 5.32 Å². The Labute approximate surface area is 101 Å². The van der Waals surface area contributed by atoms with Crippen molar-refractivity contribution < 1.29 is 4.42 Å². The predicted molar refractivity (Wildman–Crippen MR) is 67.5 cm³/mol. The van der Waals surface area contributed by atoms with Crippen LogP contribution in [-0.2, 0) is 13.0 Å². The Morgan fingerprint density at radius 2 is 2.29 bits per heavy atom. The summed E-state index contributed by atoms with van der Waals surface area (Å²) in [6, 6.07) is 10.5. The topological polar surface area (TPSA) is 51.2 Å². The van der Waals surface area contributed by atoms with Crippen molar-refractivity contribution in [3.63, 3.8) is 0 Å². The number of benzene rings is 1. The van der Waals surface area contributed by atoms with Gasteiger partial charge in [0, 0.05) is 11.7 Å². The first-order chi connectivity index (χ1) is 8.33. The van der Waals surface area contributed by atoms with Gasteiger partial charge in [-0.3, -0.25) is 0 Å². The van der Waals surface area contributed by atoms with Gasteiger partial charge < -0.3 is 15.5 Å². The predicted octanol–water partition coefficient (Wildman–Crippen LogP) is 2.64. The number of hydrogen-bond donors (Lipinski definition) is 2. The van der Waals surface area contributed by atoms with Crippen molar-refractivity contribution >= 4 is 5.69 Å². The monoisotopic (exact) mass is 228 g/mol. The van der Waals surface area contributed by atoms with Crippen molar-refractivity contribution in [3.05, 3.63) is 53.5 Å². The van der Waals surface area contributed by atoms with E-state index in [1.165, 1.54) is 11.1 Å². The second kappa shape index (κ2) is 4.26. The van der Waals surface area contributed by atoms with E-state index in [0.29, 0.717) is 6.04 Å². The van der Waals surface area contributed by atoms with Gasteiger partial charge >= 0.3 is 0 Å². The van der Waals surface area contributed by atoms with Crippen LogP contribution in [0.5, 0.6) is 0 Å². The number of anilines is 1. The lowest BCUT2D eigenvalue weighted by Gasteiger charge is -2.13. The van der Waals surface area contributed by atoms with E-state index in [1.807, 2.05) is 18.2 Å². The molecule has 0 amide bonds. The highest BCUT2D eigenvalue weighted by molar-refractivity contribution is 5.47. The Kier molecular flexibility index (Phi) is 2.61. The summed E-state index contributed by atoms with van der Waals surface area (Å²) < 4.78 is 5.32. The molecule has 0 radical (unpaired) electrons. The molecule has 0 fully saturated rings. The van der Waals surface area contributed by atoms with E-state index in [1.54, 1.807) is 6.26 Å². The third kappa shape index (κ3) is 2.06. The quantitative estimate of drug-likeness (QED) is 0.794. The molecule has 1 aliphatic carbocycles. The first-order valence-electron chi connectivity index (χ1n) is 5.97. The molecule has 0 spiro atoms. The highest BCUT2D eigenvalue weighted by Gasteiger charge is 2.21. The lowest BCUT2D eigenvalue weighted by atomic mass is 10.1. The SMILES string of the molecule is Nc1ccc2c(c1)CCC2NCc1ccco1. The molecule has 1 aromatic carbocycles. The fourth-order valence-electron chi connectivity index (χ4n) is 2.49. The molecule has 0 bridgehead atoms. The van der Waals surface area contributed by atoms with Crippen LogP contribution >= 0.6 is 0 Å². The van der Waals surface area contributed by atoms with Crippen LogP contribution in [0, 0.1) is 0 Å². The van der Waals surface area contributed by atoms with Crippen LogP contribution in [0.3, 0.4) is 0 Å². The molecule has 3 N–H and O–H groups in total. The molecule has 1 heterocycles. The second-order valence-corrected chi connectivity index (χ2v) is 4.51. The lowest BCUT2D eigenvalue weighted by Crippen LogP contribution is -2.18. The summed E-state index contributed by atoms with van der Waals surface area (Å²) in [6.07, 6.45) is 3.95. The minimum Gasteiger partial charge on any atom is -0.468 e. The number of fused-ring (bicyclic) bond motifs is 1. The minimum atomic E-state index is 0.427. The minimum absolute atomic E-state index is 0.427. The van der Waals surface area contributed by atoms with E-state index in [4.69, 9.17) is 10.2 Å². The van der Waals surface area contributed by atoms with Crippen molar-refractivity contribution in [1.29, 1.82) is 0 Å². The summed E-state index contributed by atoms with van der Waals surface area (Å²) in [4.78, 5) is 0.